The van der Waals surface area contributed by atoms with E-state index in [0.29, 0.717) is 16.7 Å². The summed E-state index contributed by atoms with van der Waals surface area (Å²) in [6.07, 6.45) is 0.630. The molecule has 22 heavy (non-hydrogen) atoms. The average molecular weight is 309 g/mol. The van der Waals surface area contributed by atoms with Gasteiger partial charge in [0.2, 0.25) is 0 Å². The first-order valence-electron chi connectivity index (χ1n) is 6.92. The van der Waals surface area contributed by atoms with E-state index in [9.17, 15) is 13.2 Å². The molecule has 0 unspecified atom stereocenters. The van der Waals surface area contributed by atoms with Crippen LogP contribution < -0.4 is 5.56 Å². The van der Waals surface area contributed by atoms with Gasteiger partial charge in [-0.3, -0.25) is 4.79 Å². The molecule has 4 rings (SSSR count). The van der Waals surface area contributed by atoms with Gasteiger partial charge in [-0.15, -0.1) is 0 Å². The number of H-pyrrole nitrogens is 1. The van der Waals surface area contributed by atoms with Gasteiger partial charge in [0.05, 0.1) is 10.6 Å². The Morgan fingerprint density at radius 2 is 1.77 bits per heavy atom. The normalized spacial score (nSPS) is 13.1. The van der Waals surface area contributed by atoms with Gasteiger partial charge in [0.15, 0.2) is 0 Å². The Kier molecular flexibility index (Phi) is 2.63. The van der Waals surface area contributed by atoms with Crippen LogP contribution in [0.5, 0.6) is 0 Å². The van der Waals surface area contributed by atoms with Crippen LogP contribution in [0.2, 0.25) is 0 Å². The maximum atomic E-state index is 12.2. The summed E-state index contributed by atoms with van der Waals surface area (Å²) in [6.45, 7) is 0. The molecule has 0 amide bonds. The highest BCUT2D eigenvalue weighted by Gasteiger charge is 2.23. The van der Waals surface area contributed by atoms with Gasteiger partial charge < -0.3 is 4.98 Å². The fourth-order valence-corrected chi connectivity index (χ4v) is 3.80. The Bertz CT molecular complexity index is 1100. The van der Waals surface area contributed by atoms with Gasteiger partial charge in [0, 0.05) is 17.4 Å². The Balaban J connectivity index is 2.02. The molecule has 0 fully saturated rings. The molecule has 1 aromatic heterocycles. The first-order valence-corrected chi connectivity index (χ1v) is 8.81. The third-order valence-electron chi connectivity index (χ3n) is 4.18. The molecule has 0 saturated carbocycles. The highest BCUT2D eigenvalue weighted by molar-refractivity contribution is 8.12. The monoisotopic (exact) mass is 309 g/mol. The van der Waals surface area contributed by atoms with Gasteiger partial charge in [0.25, 0.3) is 12.7 Å². The molecular weight excluding hydrogens is 297 g/mol. The van der Waals surface area contributed by atoms with Crippen LogP contribution in [-0.2, 0) is 16.1 Å². The van der Waals surface area contributed by atoms with Crippen LogP contribution in [0.3, 0.4) is 0 Å². The van der Waals surface area contributed by atoms with Crippen LogP contribution >= 0.6 is 0 Å². The molecule has 0 bridgehead atoms. The molecule has 1 N–H and O–H groups in total. The summed E-state index contributed by atoms with van der Waals surface area (Å²) in [5.41, 5.74) is 3.58. The third kappa shape index (κ3) is 1.84. The minimum Gasteiger partial charge on any atom is -0.321 e. The number of hydrogen-bond donors (Lipinski definition) is 1. The van der Waals surface area contributed by atoms with Crippen molar-refractivity contribution in [3.63, 3.8) is 0 Å². The molecule has 6 heteroatoms. The van der Waals surface area contributed by atoms with Crippen molar-refractivity contribution >= 4 is 27.6 Å². The van der Waals surface area contributed by atoms with Gasteiger partial charge in [-0.2, -0.15) is 0 Å². The number of aromatic amines is 1. The molecular formula is C16H12BNO3S. The summed E-state index contributed by atoms with van der Waals surface area (Å²) >= 11 is 0. The zero-order valence-corrected chi connectivity index (χ0v) is 12.7. The zero-order valence-electron chi connectivity index (χ0n) is 11.9. The first kappa shape index (κ1) is 13.3. The maximum absolute atomic E-state index is 12.2. The number of fused-ring (bicyclic) bond motifs is 5. The van der Waals surface area contributed by atoms with Crippen molar-refractivity contribution in [2.45, 2.75) is 11.3 Å². The van der Waals surface area contributed by atoms with E-state index in [1.165, 1.54) is 7.12 Å². The fraction of sp³-hybridized carbons (Fsp3) is 0.0625. The lowest BCUT2D eigenvalue weighted by atomic mass is 10.0. The largest absolute Gasteiger partial charge is 0.321 e. The van der Waals surface area contributed by atoms with Crippen molar-refractivity contribution in [3.05, 3.63) is 63.9 Å². The summed E-state index contributed by atoms with van der Waals surface area (Å²) in [7, 11) is -2.03. The lowest BCUT2D eigenvalue weighted by Crippen LogP contribution is -2.08. The predicted molar refractivity (Wildman–Crippen MR) is 88.5 cm³/mol. The van der Waals surface area contributed by atoms with E-state index in [-0.39, 0.29) is 5.56 Å². The molecule has 1 aliphatic rings. The molecule has 1 heterocycles. The third-order valence-corrected chi connectivity index (χ3v) is 5.29. The summed E-state index contributed by atoms with van der Waals surface area (Å²) in [5.74, 6) is 0. The minimum atomic E-state index is -3.23. The van der Waals surface area contributed by atoms with E-state index < -0.39 is 9.69 Å². The number of benzene rings is 2. The SMILES string of the molecule is BS(=O)(=O)c1ccc2c(c1)Cc1c-2[nH]c(=O)c2ccccc12. The fourth-order valence-electron chi connectivity index (χ4n) is 3.13. The first-order chi connectivity index (χ1) is 10.4. The Hall–Kier alpha value is -2.34. The van der Waals surface area contributed by atoms with Crippen molar-refractivity contribution in [1.82, 2.24) is 4.98 Å². The molecule has 0 saturated heterocycles. The second-order valence-electron chi connectivity index (χ2n) is 5.62. The van der Waals surface area contributed by atoms with E-state index in [4.69, 9.17) is 0 Å². The number of nitrogens with one attached hydrogen (secondary N) is 1. The molecule has 1 aliphatic carbocycles. The second-order valence-corrected chi connectivity index (χ2v) is 7.64. The molecule has 0 spiro atoms. The smallest absolute Gasteiger partial charge is 0.262 e. The van der Waals surface area contributed by atoms with Crippen molar-refractivity contribution in [3.8, 4) is 11.3 Å². The van der Waals surface area contributed by atoms with Crippen LogP contribution in [0.15, 0.2) is 52.2 Å². The number of aromatic nitrogens is 1. The summed E-state index contributed by atoms with van der Waals surface area (Å²) in [4.78, 5) is 15.5. The molecule has 0 atom stereocenters. The lowest BCUT2D eigenvalue weighted by molar-refractivity contribution is 0.609. The molecule has 2 aromatic carbocycles. The van der Waals surface area contributed by atoms with E-state index in [0.717, 1.165) is 27.8 Å². The highest BCUT2D eigenvalue weighted by atomic mass is 32.2. The van der Waals surface area contributed by atoms with Gasteiger partial charge in [-0.1, -0.05) is 24.3 Å². The molecule has 0 aliphatic heterocycles. The summed E-state index contributed by atoms with van der Waals surface area (Å²) < 4.78 is 23.4. The minimum absolute atomic E-state index is 0.116. The number of pyridine rings is 1. The van der Waals surface area contributed by atoms with Gasteiger partial charge in [-0.05, 0) is 34.7 Å². The van der Waals surface area contributed by atoms with E-state index in [2.05, 4.69) is 4.98 Å². The van der Waals surface area contributed by atoms with Gasteiger partial charge in [0.1, 0.15) is 9.69 Å². The van der Waals surface area contributed by atoms with Crippen molar-refractivity contribution in [2.24, 2.45) is 0 Å². The quantitative estimate of drug-likeness (QED) is 0.541. The van der Waals surface area contributed by atoms with E-state index in [1.807, 2.05) is 18.2 Å². The number of rotatable bonds is 1. The second kappa shape index (κ2) is 4.33. The van der Waals surface area contributed by atoms with Crippen LogP contribution in [0.4, 0.5) is 0 Å². The topological polar surface area (TPSA) is 67.0 Å². The van der Waals surface area contributed by atoms with Crippen LogP contribution in [0, 0.1) is 0 Å². The van der Waals surface area contributed by atoms with Crippen molar-refractivity contribution in [1.29, 1.82) is 0 Å². The van der Waals surface area contributed by atoms with Crippen LogP contribution in [0.25, 0.3) is 22.0 Å². The van der Waals surface area contributed by atoms with E-state index >= 15 is 0 Å². The average Bonchev–Trinajstić information content (AvgIpc) is 2.85. The van der Waals surface area contributed by atoms with Crippen molar-refractivity contribution in [2.75, 3.05) is 0 Å². The molecule has 108 valence electrons. The van der Waals surface area contributed by atoms with Crippen LogP contribution in [-0.4, -0.2) is 20.5 Å². The van der Waals surface area contributed by atoms with Crippen LogP contribution in [0.1, 0.15) is 11.1 Å². The van der Waals surface area contributed by atoms with Gasteiger partial charge in [-0.25, -0.2) is 8.42 Å². The molecule has 3 aromatic rings. The molecule has 4 nitrogen and oxygen atoms in total. The maximum Gasteiger partial charge on any atom is 0.262 e. The van der Waals surface area contributed by atoms with E-state index in [1.54, 1.807) is 24.3 Å². The summed E-state index contributed by atoms with van der Waals surface area (Å²) in [5, 5.41) is 1.59. The Labute approximate surface area is 128 Å². The van der Waals surface area contributed by atoms with Gasteiger partial charge >= 0.3 is 0 Å². The predicted octanol–water partition coefficient (Wildman–Crippen LogP) is 1.42. The number of hydrogen-bond acceptors (Lipinski definition) is 3. The van der Waals surface area contributed by atoms with Crippen molar-refractivity contribution < 1.29 is 8.42 Å². The standard InChI is InChI=1S/C16H12BNO3S/c17-22(20,21)10-5-6-11-9(7-10)8-14-12-3-1-2-4-13(12)16(19)18-15(11)14/h1-7H,8,17H2,(H,18,19). The molecule has 0 radical (unpaired) electrons. The lowest BCUT2D eigenvalue weighted by Gasteiger charge is -2.05. The Morgan fingerprint density at radius 3 is 2.50 bits per heavy atom. The zero-order chi connectivity index (χ0) is 15.5. The Morgan fingerprint density at radius 1 is 1.05 bits per heavy atom. The highest BCUT2D eigenvalue weighted by Crippen LogP contribution is 2.38. The summed E-state index contributed by atoms with van der Waals surface area (Å²) in [6, 6.07) is 12.6.